The van der Waals surface area contributed by atoms with Gasteiger partial charge < -0.3 is 10.1 Å². The molecule has 0 bridgehead atoms. The number of nitrogens with one attached hydrogen (secondary N) is 1. The summed E-state index contributed by atoms with van der Waals surface area (Å²) in [7, 11) is 0. The normalized spacial score (nSPS) is 20.7. The second kappa shape index (κ2) is 5.62. The molecule has 0 amide bonds. The summed E-state index contributed by atoms with van der Waals surface area (Å²) in [6.07, 6.45) is 2.28. The third-order valence-corrected chi connectivity index (χ3v) is 3.68. The van der Waals surface area contributed by atoms with Crippen LogP contribution in [0.15, 0.2) is 16.7 Å². The molecule has 0 aromatic carbocycles. The summed E-state index contributed by atoms with van der Waals surface area (Å²) < 4.78 is 5.93. The third kappa shape index (κ3) is 2.97. The average Bonchev–Trinajstić information content (AvgIpc) is 2.85. The minimum absolute atomic E-state index is 0.0238. The summed E-state index contributed by atoms with van der Waals surface area (Å²) in [4.78, 5) is 14.2. The highest BCUT2D eigenvalue weighted by molar-refractivity contribution is 9.10. The van der Waals surface area contributed by atoms with Gasteiger partial charge in [-0.15, -0.1) is 0 Å². The monoisotopic (exact) mass is 315 g/mol. The van der Waals surface area contributed by atoms with Crippen molar-refractivity contribution in [3.05, 3.63) is 26.9 Å². The van der Waals surface area contributed by atoms with E-state index in [4.69, 9.17) is 4.74 Å². The first kappa shape index (κ1) is 13.2. The molecule has 1 saturated heterocycles. The van der Waals surface area contributed by atoms with Crippen LogP contribution in [0.25, 0.3) is 0 Å². The van der Waals surface area contributed by atoms with Gasteiger partial charge in [-0.3, -0.25) is 10.1 Å². The lowest BCUT2D eigenvalue weighted by molar-refractivity contribution is -0.385. The van der Waals surface area contributed by atoms with Crippen molar-refractivity contribution in [1.29, 1.82) is 0 Å². The van der Waals surface area contributed by atoms with E-state index in [-0.39, 0.29) is 11.7 Å². The number of halogens is 1. The van der Waals surface area contributed by atoms with Gasteiger partial charge in [0.05, 0.1) is 16.0 Å². The molecule has 0 radical (unpaired) electrons. The van der Waals surface area contributed by atoms with Crippen LogP contribution in [0.1, 0.15) is 13.3 Å². The Morgan fingerprint density at radius 3 is 3.06 bits per heavy atom. The fraction of sp³-hybridized carbons (Fsp3) is 0.545. The van der Waals surface area contributed by atoms with Crippen LogP contribution >= 0.6 is 15.9 Å². The topological polar surface area (TPSA) is 77.3 Å². The van der Waals surface area contributed by atoms with E-state index in [0.29, 0.717) is 16.2 Å². The lowest BCUT2D eigenvalue weighted by Crippen LogP contribution is -2.26. The lowest BCUT2D eigenvalue weighted by Gasteiger charge is -2.20. The molecule has 1 fully saturated rings. The predicted octanol–water partition coefficient (Wildman–Crippen LogP) is 2.59. The zero-order chi connectivity index (χ0) is 13.1. The summed E-state index contributed by atoms with van der Waals surface area (Å²) in [5, 5.41) is 13.9. The maximum Gasteiger partial charge on any atom is 0.288 e. The zero-order valence-electron chi connectivity index (χ0n) is 9.93. The molecule has 6 nitrogen and oxygen atoms in total. The first-order valence-corrected chi connectivity index (χ1v) is 6.51. The molecule has 1 aliphatic heterocycles. The van der Waals surface area contributed by atoms with Crippen LogP contribution < -0.4 is 5.32 Å². The molecule has 0 spiro atoms. The van der Waals surface area contributed by atoms with Crippen molar-refractivity contribution in [3.8, 4) is 0 Å². The number of ether oxygens (including phenoxy) is 1. The molecule has 2 atom stereocenters. The van der Waals surface area contributed by atoms with Crippen molar-refractivity contribution in [1.82, 2.24) is 4.98 Å². The van der Waals surface area contributed by atoms with E-state index >= 15 is 0 Å². The van der Waals surface area contributed by atoms with Crippen LogP contribution in [0, 0.1) is 16.0 Å². The summed E-state index contributed by atoms with van der Waals surface area (Å²) in [6, 6.07) is 1.67. The maximum atomic E-state index is 10.6. The van der Waals surface area contributed by atoms with Crippen molar-refractivity contribution in [3.63, 3.8) is 0 Å². The molecule has 1 aliphatic rings. The summed E-state index contributed by atoms with van der Waals surface area (Å²) in [5.74, 6) is 1.08. The molecule has 2 rings (SSSR count). The van der Waals surface area contributed by atoms with Crippen molar-refractivity contribution in [2.24, 2.45) is 5.92 Å². The predicted molar refractivity (Wildman–Crippen MR) is 70.6 cm³/mol. The number of nitro groups is 1. The SMILES string of the molecule is CC(Nc1ncc([N+](=O)[O-])cc1Br)C1CCOC1. The lowest BCUT2D eigenvalue weighted by atomic mass is 10.0. The van der Waals surface area contributed by atoms with Gasteiger partial charge in [0.25, 0.3) is 5.69 Å². The highest BCUT2D eigenvalue weighted by Gasteiger charge is 2.23. The standard InChI is InChI=1S/C11H14BrN3O3/c1-7(8-2-3-18-6-8)14-11-10(12)4-9(5-13-11)15(16)17/h4-5,7-8H,2-3,6H2,1H3,(H,13,14). The van der Waals surface area contributed by atoms with E-state index in [2.05, 4.69) is 33.2 Å². The van der Waals surface area contributed by atoms with Crippen LogP contribution in [0.5, 0.6) is 0 Å². The highest BCUT2D eigenvalue weighted by Crippen LogP contribution is 2.27. The first-order valence-electron chi connectivity index (χ1n) is 5.72. The molecule has 2 heterocycles. The van der Waals surface area contributed by atoms with Crippen LogP contribution in [-0.4, -0.2) is 29.2 Å². The Balaban J connectivity index is 2.06. The molecular formula is C11H14BrN3O3. The molecule has 1 N–H and O–H groups in total. The van der Waals surface area contributed by atoms with E-state index in [0.717, 1.165) is 19.6 Å². The second-order valence-electron chi connectivity index (χ2n) is 4.34. The fourth-order valence-corrected chi connectivity index (χ4v) is 2.37. The molecule has 2 unspecified atom stereocenters. The Bertz CT molecular complexity index is 449. The van der Waals surface area contributed by atoms with E-state index in [9.17, 15) is 10.1 Å². The smallest absolute Gasteiger partial charge is 0.288 e. The molecule has 0 saturated carbocycles. The van der Waals surface area contributed by atoms with E-state index in [1.807, 2.05) is 0 Å². The van der Waals surface area contributed by atoms with E-state index in [1.165, 1.54) is 12.3 Å². The van der Waals surface area contributed by atoms with Crippen LogP contribution in [0.2, 0.25) is 0 Å². The number of aromatic nitrogens is 1. The van der Waals surface area contributed by atoms with Crippen molar-refractivity contribution >= 4 is 27.4 Å². The number of hydrogen-bond acceptors (Lipinski definition) is 5. The number of anilines is 1. The molecule has 0 aliphatic carbocycles. The maximum absolute atomic E-state index is 10.6. The molecule has 98 valence electrons. The van der Waals surface area contributed by atoms with Gasteiger partial charge in [-0.25, -0.2) is 4.98 Å². The van der Waals surface area contributed by atoms with Crippen molar-refractivity contribution in [2.45, 2.75) is 19.4 Å². The van der Waals surface area contributed by atoms with E-state index < -0.39 is 4.92 Å². The Labute approximate surface area is 113 Å². The number of nitrogens with zero attached hydrogens (tertiary/aromatic N) is 2. The molecule has 1 aromatic heterocycles. The summed E-state index contributed by atoms with van der Waals surface area (Å²) in [6.45, 7) is 3.61. The van der Waals surface area contributed by atoms with Gasteiger partial charge in [0.1, 0.15) is 12.0 Å². The first-order chi connectivity index (χ1) is 8.58. The molecular weight excluding hydrogens is 302 g/mol. The Morgan fingerprint density at radius 2 is 2.50 bits per heavy atom. The molecule has 18 heavy (non-hydrogen) atoms. The zero-order valence-corrected chi connectivity index (χ0v) is 11.5. The minimum atomic E-state index is -0.463. The minimum Gasteiger partial charge on any atom is -0.381 e. The highest BCUT2D eigenvalue weighted by atomic mass is 79.9. The largest absolute Gasteiger partial charge is 0.381 e. The number of rotatable bonds is 4. The van der Waals surface area contributed by atoms with Crippen molar-refractivity contribution in [2.75, 3.05) is 18.5 Å². The van der Waals surface area contributed by atoms with Crippen LogP contribution in [0.4, 0.5) is 11.5 Å². The second-order valence-corrected chi connectivity index (χ2v) is 5.19. The van der Waals surface area contributed by atoms with Gasteiger partial charge in [-0.05, 0) is 29.3 Å². The summed E-state index contributed by atoms with van der Waals surface area (Å²) >= 11 is 3.29. The number of pyridine rings is 1. The third-order valence-electron chi connectivity index (χ3n) is 3.07. The molecule has 1 aromatic rings. The van der Waals surface area contributed by atoms with Gasteiger partial charge in [0.15, 0.2) is 0 Å². The van der Waals surface area contributed by atoms with E-state index in [1.54, 1.807) is 0 Å². The quantitative estimate of drug-likeness (QED) is 0.682. The van der Waals surface area contributed by atoms with Crippen molar-refractivity contribution < 1.29 is 9.66 Å². The van der Waals surface area contributed by atoms with Gasteiger partial charge in [-0.2, -0.15) is 0 Å². The van der Waals surface area contributed by atoms with Gasteiger partial charge in [0.2, 0.25) is 0 Å². The Hall–Kier alpha value is -1.21. The Morgan fingerprint density at radius 1 is 1.72 bits per heavy atom. The Kier molecular flexibility index (Phi) is 4.13. The van der Waals surface area contributed by atoms with Crippen LogP contribution in [-0.2, 0) is 4.74 Å². The number of hydrogen-bond donors (Lipinski definition) is 1. The molecule has 7 heteroatoms. The van der Waals surface area contributed by atoms with Gasteiger partial charge >= 0.3 is 0 Å². The summed E-state index contributed by atoms with van der Waals surface area (Å²) in [5.41, 5.74) is -0.0238. The van der Waals surface area contributed by atoms with Gasteiger partial charge in [0, 0.05) is 24.6 Å². The fourth-order valence-electron chi connectivity index (χ4n) is 1.91. The van der Waals surface area contributed by atoms with Crippen LogP contribution in [0.3, 0.4) is 0 Å². The average molecular weight is 316 g/mol. The van der Waals surface area contributed by atoms with Gasteiger partial charge in [-0.1, -0.05) is 0 Å².